The minimum absolute atomic E-state index is 0.111. The van der Waals surface area contributed by atoms with Crippen molar-refractivity contribution >= 4 is 38.9 Å². The molecular formula is C14H14Cl2N2O3S. The topological polar surface area (TPSA) is 68.3 Å². The first-order valence-corrected chi connectivity index (χ1v) is 8.49. The molecule has 1 aromatic heterocycles. The number of aryl methyl sites for hydroxylation is 1. The lowest BCUT2D eigenvalue weighted by Gasteiger charge is -2.14. The summed E-state index contributed by atoms with van der Waals surface area (Å²) < 4.78 is 32.5. The highest BCUT2D eigenvalue weighted by atomic mass is 35.5. The van der Waals surface area contributed by atoms with Gasteiger partial charge in [0.2, 0.25) is 0 Å². The van der Waals surface area contributed by atoms with E-state index in [-0.39, 0.29) is 15.1 Å². The van der Waals surface area contributed by atoms with Crippen LogP contribution < -0.4 is 9.46 Å². The van der Waals surface area contributed by atoms with E-state index in [2.05, 4.69) is 9.71 Å². The van der Waals surface area contributed by atoms with E-state index in [9.17, 15) is 8.42 Å². The van der Waals surface area contributed by atoms with Gasteiger partial charge in [0.1, 0.15) is 15.8 Å². The van der Waals surface area contributed by atoms with Gasteiger partial charge in [0, 0.05) is 5.69 Å². The smallest absolute Gasteiger partial charge is 0.265 e. The highest BCUT2D eigenvalue weighted by molar-refractivity contribution is 7.92. The summed E-state index contributed by atoms with van der Waals surface area (Å²) in [6, 6.07) is 6.46. The van der Waals surface area contributed by atoms with Crippen molar-refractivity contribution in [2.24, 2.45) is 0 Å². The third-order valence-corrected chi connectivity index (χ3v) is 5.54. The second kappa shape index (κ2) is 6.32. The summed E-state index contributed by atoms with van der Waals surface area (Å²) in [6.45, 7) is 3.25. The van der Waals surface area contributed by atoms with E-state index >= 15 is 0 Å². The molecule has 0 radical (unpaired) electrons. The molecule has 2 rings (SSSR count). The molecule has 0 unspecified atom stereocenters. The monoisotopic (exact) mass is 360 g/mol. The van der Waals surface area contributed by atoms with E-state index in [0.29, 0.717) is 22.7 Å². The van der Waals surface area contributed by atoms with E-state index in [1.54, 1.807) is 38.1 Å². The van der Waals surface area contributed by atoms with Crippen LogP contribution in [-0.2, 0) is 10.0 Å². The largest absolute Gasteiger partial charge is 0.497 e. The molecule has 0 saturated heterocycles. The number of nitrogens with zero attached hydrogens (tertiary/aromatic N) is 1. The van der Waals surface area contributed by atoms with E-state index in [1.165, 1.54) is 7.11 Å². The lowest BCUT2D eigenvalue weighted by molar-refractivity contribution is 0.415. The number of aromatic nitrogens is 1. The lowest BCUT2D eigenvalue weighted by atomic mass is 10.2. The Kier molecular flexibility index (Phi) is 4.84. The van der Waals surface area contributed by atoms with Crippen LogP contribution in [0.3, 0.4) is 0 Å². The molecule has 0 aliphatic rings. The zero-order valence-electron chi connectivity index (χ0n) is 12.1. The number of pyridine rings is 1. The van der Waals surface area contributed by atoms with Gasteiger partial charge in [-0.1, -0.05) is 23.2 Å². The van der Waals surface area contributed by atoms with Crippen molar-refractivity contribution in [1.29, 1.82) is 0 Å². The summed E-state index contributed by atoms with van der Waals surface area (Å²) in [4.78, 5) is 3.84. The molecule has 1 heterocycles. The Morgan fingerprint density at radius 1 is 1.14 bits per heavy atom. The van der Waals surface area contributed by atoms with Crippen molar-refractivity contribution in [3.8, 4) is 5.75 Å². The fourth-order valence-electron chi connectivity index (χ4n) is 1.95. The number of sulfonamides is 1. The molecule has 0 spiro atoms. The highest BCUT2D eigenvalue weighted by Crippen LogP contribution is 2.32. The highest BCUT2D eigenvalue weighted by Gasteiger charge is 2.24. The maximum absolute atomic E-state index is 12.5. The summed E-state index contributed by atoms with van der Waals surface area (Å²) in [5, 5.41) is 0.167. The second-order valence-corrected chi connectivity index (χ2v) is 6.95. The van der Waals surface area contributed by atoms with E-state index in [4.69, 9.17) is 27.9 Å². The number of anilines is 1. The van der Waals surface area contributed by atoms with Crippen LogP contribution in [0.4, 0.5) is 5.69 Å². The summed E-state index contributed by atoms with van der Waals surface area (Å²) in [5.74, 6) is 0.622. The van der Waals surface area contributed by atoms with Gasteiger partial charge in [0.25, 0.3) is 10.0 Å². The Labute approximate surface area is 139 Å². The third-order valence-electron chi connectivity index (χ3n) is 3.05. The third kappa shape index (κ3) is 3.29. The molecule has 0 aliphatic carbocycles. The minimum atomic E-state index is -3.90. The van der Waals surface area contributed by atoms with Crippen molar-refractivity contribution in [3.05, 3.63) is 45.7 Å². The number of benzene rings is 1. The first-order chi connectivity index (χ1) is 10.3. The van der Waals surface area contributed by atoms with E-state index in [1.807, 2.05) is 0 Å². The van der Waals surface area contributed by atoms with Crippen LogP contribution in [0.1, 0.15) is 11.3 Å². The van der Waals surface area contributed by atoms with Crippen LogP contribution in [0.5, 0.6) is 5.75 Å². The number of hydrogen-bond acceptors (Lipinski definition) is 4. The predicted molar refractivity (Wildman–Crippen MR) is 87.5 cm³/mol. The Bertz CT molecular complexity index is 806. The lowest BCUT2D eigenvalue weighted by Crippen LogP contribution is -2.16. The van der Waals surface area contributed by atoms with Crippen LogP contribution in [0, 0.1) is 13.8 Å². The van der Waals surface area contributed by atoms with Crippen LogP contribution in [0.25, 0.3) is 0 Å². The average molecular weight is 361 g/mol. The van der Waals surface area contributed by atoms with Gasteiger partial charge in [-0.3, -0.25) is 4.72 Å². The zero-order chi connectivity index (χ0) is 16.5. The molecule has 8 heteroatoms. The van der Waals surface area contributed by atoms with Crippen LogP contribution >= 0.6 is 23.2 Å². The molecule has 0 atom stereocenters. The molecule has 118 valence electrons. The Balaban J connectivity index is 2.44. The molecule has 22 heavy (non-hydrogen) atoms. The molecule has 0 amide bonds. The van der Waals surface area contributed by atoms with Gasteiger partial charge in [0.05, 0.1) is 17.8 Å². The molecule has 5 nitrogen and oxygen atoms in total. The zero-order valence-corrected chi connectivity index (χ0v) is 14.5. The summed E-state index contributed by atoms with van der Waals surface area (Å²) in [7, 11) is -2.37. The Hall–Kier alpha value is -1.50. The van der Waals surface area contributed by atoms with Gasteiger partial charge in [0.15, 0.2) is 0 Å². The van der Waals surface area contributed by atoms with Crippen molar-refractivity contribution in [2.45, 2.75) is 18.7 Å². The Morgan fingerprint density at radius 2 is 1.73 bits per heavy atom. The first-order valence-electron chi connectivity index (χ1n) is 6.25. The average Bonchev–Trinajstić information content (AvgIpc) is 2.45. The molecule has 0 aliphatic heterocycles. The van der Waals surface area contributed by atoms with Gasteiger partial charge in [-0.2, -0.15) is 0 Å². The molecule has 1 aromatic carbocycles. The van der Waals surface area contributed by atoms with E-state index in [0.717, 1.165) is 0 Å². The maximum atomic E-state index is 12.5. The van der Waals surface area contributed by atoms with E-state index < -0.39 is 10.0 Å². The number of methoxy groups -OCH3 is 1. The second-order valence-electron chi connectivity index (χ2n) is 4.59. The van der Waals surface area contributed by atoms with Crippen molar-refractivity contribution < 1.29 is 13.2 Å². The van der Waals surface area contributed by atoms with Crippen LogP contribution in [-0.4, -0.2) is 20.5 Å². The number of rotatable bonds is 4. The standard InChI is InChI=1S/C14H14Cl2N2O3S/c1-8-12(15)9(2)17-14(16)13(8)22(19,20)18-10-4-6-11(21-3)7-5-10/h4-7,18H,1-3H3. The summed E-state index contributed by atoms with van der Waals surface area (Å²) in [6.07, 6.45) is 0. The normalized spacial score (nSPS) is 11.3. The summed E-state index contributed by atoms with van der Waals surface area (Å²) >= 11 is 12.1. The molecule has 0 saturated carbocycles. The van der Waals surface area contributed by atoms with Gasteiger partial charge < -0.3 is 4.74 Å². The number of nitrogens with one attached hydrogen (secondary N) is 1. The van der Waals surface area contributed by atoms with Crippen molar-refractivity contribution in [3.63, 3.8) is 0 Å². The Morgan fingerprint density at radius 3 is 2.27 bits per heavy atom. The first kappa shape index (κ1) is 16.9. The fourth-order valence-corrected chi connectivity index (χ4v) is 4.04. The van der Waals surface area contributed by atoms with Crippen LogP contribution in [0.15, 0.2) is 29.2 Å². The molecule has 2 aromatic rings. The SMILES string of the molecule is COc1ccc(NS(=O)(=O)c2c(Cl)nc(C)c(Cl)c2C)cc1. The maximum Gasteiger partial charge on any atom is 0.265 e. The number of ether oxygens (including phenoxy) is 1. The van der Waals surface area contributed by atoms with Crippen molar-refractivity contribution in [1.82, 2.24) is 4.98 Å². The number of halogens is 2. The summed E-state index contributed by atoms with van der Waals surface area (Å²) in [5.41, 5.74) is 1.22. The van der Waals surface area contributed by atoms with Gasteiger partial charge in [-0.05, 0) is 43.7 Å². The quantitative estimate of drug-likeness (QED) is 0.841. The molecule has 0 bridgehead atoms. The minimum Gasteiger partial charge on any atom is -0.497 e. The fraction of sp³-hybridized carbons (Fsp3) is 0.214. The number of hydrogen-bond donors (Lipinski definition) is 1. The molecule has 0 fully saturated rings. The predicted octanol–water partition coefficient (Wildman–Crippen LogP) is 3.81. The van der Waals surface area contributed by atoms with Gasteiger partial charge >= 0.3 is 0 Å². The van der Waals surface area contributed by atoms with Gasteiger partial charge in [-0.25, -0.2) is 13.4 Å². The molecule has 1 N–H and O–H groups in total. The van der Waals surface area contributed by atoms with Crippen LogP contribution in [0.2, 0.25) is 10.2 Å². The molecular weight excluding hydrogens is 347 g/mol. The van der Waals surface area contributed by atoms with Crippen molar-refractivity contribution in [2.75, 3.05) is 11.8 Å². The van der Waals surface area contributed by atoms with Gasteiger partial charge in [-0.15, -0.1) is 0 Å².